The molecule has 5 nitrogen and oxygen atoms in total. The zero-order chi connectivity index (χ0) is 13.9. The zero-order valence-electron chi connectivity index (χ0n) is 11.6. The minimum Gasteiger partial charge on any atom is -0.492 e. The second-order valence-electron chi connectivity index (χ2n) is 5.47. The Labute approximate surface area is 113 Å². The van der Waals surface area contributed by atoms with Crippen LogP contribution in [-0.2, 0) is 11.3 Å². The molecule has 19 heavy (non-hydrogen) atoms. The highest BCUT2D eigenvalue weighted by Crippen LogP contribution is 2.25. The molecule has 0 aromatic heterocycles. The third-order valence-electron chi connectivity index (χ3n) is 2.56. The number of amides is 1. The van der Waals surface area contributed by atoms with Crippen molar-refractivity contribution in [2.45, 2.75) is 32.9 Å². The van der Waals surface area contributed by atoms with E-state index < -0.39 is 11.7 Å². The van der Waals surface area contributed by atoms with Gasteiger partial charge in [0.25, 0.3) is 0 Å². The van der Waals surface area contributed by atoms with Crippen molar-refractivity contribution in [3.63, 3.8) is 0 Å². The van der Waals surface area contributed by atoms with E-state index >= 15 is 0 Å². The maximum absolute atomic E-state index is 11.7. The molecule has 0 aliphatic carbocycles. The molecule has 1 aliphatic rings. The molecule has 104 valence electrons. The van der Waals surface area contributed by atoms with Crippen LogP contribution in [0.2, 0.25) is 0 Å². The predicted octanol–water partition coefficient (Wildman–Crippen LogP) is 2.52. The van der Waals surface area contributed by atoms with Gasteiger partial charge in [-0.25, -0.2) is 4.79 Å². The van der Waals surface area contributed by atoms with Crippen LogP contribution in [0.4, 0.5) is 10.5 Å². The van der Waals surface area contributed by atoms with E-state index in [1.807, 2.05) is 39.0 Å². The fraction of sp³-hybridized carbons (Fsp3) is 0.500. The smallest absolute Gasteiger partial charge is 0.412 e. The zero-order valence-corrected chi connectivity index (χ0v) is 11.6. The fourth-order valence-electron chi connectivity index (χ4n) is 1.79. The summed E-state index contributed by atoms with van der Waals surface area (Å²) in [6, 6.07) is 5.62. The number of hydrogen-bond acceptors (Lipinski definition) is 4. The first-order valence-corrected chi connectivity index (χ1v) is 6.40. The number of fused-ring (bicyclic) bond motifs is 1. The molecule has 0 unspecified atom stereocenters. The molecule has 0 bridgehead atoms. The van der Waals surface area contributed by atoms with E-state index in [1.165, 1.54) is 0 Å². The van der Waals surface area contributed by atoms with Gasteiger partial charge in [0, 0.05) is 30.4 Å². The molecule has 5 heteroatoms. The van der Waals surface area contributed by atoms with Gasteiger partial charge in [-0.3, -0.25) is 5.32 Å². The summed E-state index contributed by atoms with van der Waals surface area (Å²) in [6.45, 7) is 7.73. The lowest BCUT2D eigenvalue weighted by Crippen LogP contribution is -2.27. The summed E-state index contributed by atoms with van der Waals surface area (Å²) in [7, 11) is 0. The maximum atomic E-state index is 11.7. The molecule has 0 saturated heterocycles. The van der Waals surface area contributed by atoms with E-state index in [4.69, 9.17) is 9.47 Å². The van der Waals surface area contributed by atoms with Crippen molar-refractivity contribution in [2.24, 2.45) is 0 Å². The number of hydrogen-bond donors (Lipinski definition) is 2. The van der Waals surface area contributed by atoms with Gasteiger partial charge < -0.3 is 14.8 Å². The molecule has 0 fully saturated rings. The van der Waals surface area contributed by atoms with Crippen LogP contribution < -0.4 is 15.4 Å². The van der Waals surface area contributed by atoms with Crippen molar-refractivity contribution in [1.29, 1.82) is 0 Å². The number of nitrogens with one attached hydrogen (secondary N) is 2. The molecular weight excluding hydrogens is 244 g/mol. The van der Waals surface area contributed by atoms with Gasteiger partial charge in [-0.2, -0.15) is 0 Å². The number of anilines is 1. The van der Waals surface area contributed by atoms with Gasteiger partial charge in [-0.15, -0.1) is 0 Å². The normalized spacial score (nSPS) is 14.9. The Hall–Kier alpha value is -1.75. The summed E-state index contributed by atoms with van der Waals surface area (Å²) in [5.74, 6) is 0.804. The summed E-state index contributed by atoms with van der Waals surface area (Å²) < 4.78 is 10.8. The highest BCUT2D eigenvalue weighted by Gasteiger charge is 2.17. The summed E-state index contributed by atoms with van der Waals surface area (Å²) >= 11 is 0. The molecule has 0 radical (unpaired) electrons. The van der Waals surface area contributed by atoms with Crippen molar-refractivity contribution in [3.8, 4) is 5.75 Å². The van der Waals surface area contributed by atoms with Gasteiger partial charge in [0.05, 0.1) is 0 Å². The second-order valence-corrected chi connectivity index (χ2v) is 5.47. The van der Waals surface area contributed by atoms with E-state index in [0.29, 0.717) is 12.3 Å². The van der Waals surface area contributed by atoms with Crippen molar-refractivity contribution < 1.29 is 14.3 Å². The molecule has 1 aliphatic heterocycles. The average molecular weight is 264 g/mol. The van der Waals surface area contributed by atoms with Gasteiger partial charge >= 0.3 is 6.09 Å². The quantitative estimate of drug-likeness (QED) is 0.818. The van der Waals surface area contributed by atoms with Crippen LogP contribution in [0.3, 0.4) is 0 Å². The first-order valence-electron chi connectivity index (χ1n) is 6.40. The third-order valence-corrected chi connectivity index (χ3v) is 2.56. The Morgan fingerprint density at radius 3 is 2.95 bits per heavy atom. The van der Waals surface area contributed by atoms with Gasteiger partial charge in [0.2, 0.25) is 0 Å². The summed E-state index contributed by atoms with van der Waals surface area (Å²) in [5, 5.41) is 5.97. The number of ether oxygens (including phenoxy) is 2. The molecular formula is C14H20N2O3. The third kappa shape index (κ3) is 4.13. The van der Waals surface area contributed by atoms with Gasteiger partial charge in [0.15, 0.2) is 0 Å². The highest BCUT2D eigenvalue weighted by atomic mass is 16.6. The summed E-state index contributed by atoms with van der Waals surface area (Å²) in [4.78, 5) is 11.7. The molecule has 1 aromatic rings. The van der Waals surface area contributed by atoms with Crippen molar-refractivity contribution >= 4 is 11.8 Å². The Bertz CT molecular complexity index is 466. The second kappa shape index (κ2) is 5.48. The maximum Gasteiger partial charge on any atom is 0.412 e. The summed E-state index contributed by atoms with van der Waals surface area (Å²) in [6.07, 6.45) is -0.459. The molecule has 2 rings (SSSR count). The average Bonchev–Trinajstić information content (AvgIpc) is 2.50. The van der Waals surface area contributed by atoms with Gasteiger partial charge in [-0.05, 0) is 26.8 Å². The SMILES string of the molecule is CC(C)(C)OC(=O)Nc1ccc2c(c1)OCCNC2. The molecule has 0 atom stereocenters. The van der Waals surface area contributed by atoms with Crippen LogP contribution in [0, 0.1) is 0 Å². The molecule has 1 heterocycles. The van der Waals surface area contributed by atoms with Crippen LogP contribution in [0.25, 0.3) is 0 Å². The van der Waals surface area contributed by atoms with E-state index in [2.05, 4.69) is 10.6 Å². The van der Waals surface area contributed by atoms with Crippen molar-refractivity contribution in [3.05, 3.63) is 23.8 Å². The van der Waals surface area contributed by atoms with E-state index in [9.17, 15) is 4.79 Å². The van der Waals surface area contributed by atoms with Crippen molar-refractivity contribution in [2.75, 3.05) is 18.5 Å². The van der Waals surface area contributed by atoms with Crippen LogP contribution in [-0.4, -0.2) is 24.8 Å². The van der Waals surface area contributed by atoms with Crippen LogP contribution in [0.5, 0.6) is 5.75 Å². The standard InChI is InChI=1S/C14H20N2O3/c1-14(2,3)19-13(17)16-11-5-4-10-9-15-6-7-18-12(10)8-11/h4-5,8,15H,6-7,9H2,1-3H3,(H,16,17). The van der Waals surface area contributed by atoms with Crippen LogP contribution in [0.1, 0.15) is 26.3 Å². The van der Waals surface area contributed by atoms with Crippen molar-refractivity contribution in [1.82, 2.24) is 5.32 Å². The molecule has 2 N–H and O–H groups in total. The lowest BCUT2D eigenvalue weighted by molar-refractivity contribution is 0.0636. The highest BCUT2D eigenvalue weighted by molar-refractivity contribution is 5.85. The monoisotopic (exact) mass is 264 g/mol. The molecule has 0 saturated carbocycles. The fourth-order valence-corrected chi connectivity index (χ4v) is 1.79. The van der Waals surface area contributed by atoms with E-state index in [0.717, 1.165) is 24.4 Å². The molecule has 0 spiro atoms. The lowest BCUT2D eigenvalue weighted by Gasteiger charge is -2.20. The molecule has 1 aromatic carbocycles. The summed E-state index contributed by atoms with van der Waals surface area (Å²) in [5.41, 5.74) is 1.26. The number of carbonyl (C=O) groups excluding carboxylic acids is 1. The first-order chi connectivity index (χ1) is 8.94. The van der Waals surface area contributed by atoms with Gasteiger partial charge in [0.1, 0.15) is 18.0 Å². The Balaban J connectivity index is 2.05. The largest absolute Gasteiger partial charge is 0.492 e. The number of rotatable bonds is 1. The Morgan fingerprint density at radius 2 is 2.21 bits per heavy atom. The predicted molar refractivity (Wildman–Crippen MR) is 73.5 cm³/mol. The number of benzene rings is 1. The molecule has 1 amide bonds. The van der Waals surface area contributed by atoms with E-state index in [-0.39, 0.29) is 0 Å². The van der Waals surface area contributed by atoms with E-state index in [1.54, 1.807) is 0 Å². The van der Waals surface area contributed by atoms with Crippen LogP contribution in [0.15, 0.2) is 18.2 Å². The minimum atomic E-state index is -0.504. The topological polar surface area (TPSA) is 59.6 Å². The Kier molecular flexibility index (Phi) is 3.95. The van der Waals surface area contributed by atoms with Gasteiger partial charge in [-0.1, -0.05) is 6.07 Å². The lowest BCUT2D eigenvalue weighted by atomic mass is 10.2. The number of carbonyl (C=O) groups is 1. The minimum absolute atomic E-state index is 0.459. The van der Waals surface area contributed by atoms with Crippen LogP contribution >= 0.6 is 0 Å². The Morgan fingerprint density at radius 1 is 1.42 bits per heavy atom. The first kappa shape index (κ1) is 13.7.